The van der Waals surface area contributed by atoms with Crippen LogP contribution >= 0.6 is 0 Å². The molecule has 4 aromatic rings. The molecule has 0 saturated carbocycles. The van der Waals surface area contributed by atoms with Crippen molar-refractivity contribution in [3.8, 4) is 11.5 Å². The maximum absolute atomic E-state index is 5.57. The Labute approximate surface area is 213 Å². The molecule has 3 heterocycles. The third-order valence-electron chi connectivity index (χ3n) is 7.46. The second-order valence-electron chi connectivity index (χ2n) is 10.1. The maximum atomic E-state index is 5.57. The molecule has 6 rings (SSSR count). The highest BCUT2D eigenvalue weighted by atomic mass is 16.7. The van der Waals surface area contributed by atoms with Crippen molar-refractivity contribution < 1.29 is 9.47 Å². The summed E-state index contributed by atoms with van der Waals surface area (Å²) in [6, 6.07) is 21.6. The third kappa shape index (κ3) is 4.84. The van der Waals surface area contributed by atoms with Gasteiger partial charge in [-0.2, -0.15) is 0 Å². The van der Waals surface area contributed by atoms with Crippen LogP contribution in [-0.2, 0) is 19.6 Å². The molecule has 186 valence electrons. The third-order valence-corrected chi connectivity index (χ3v) is 7.46. The number of hydrogen-bond acceptors (Lipinski definition) is 5. The Kier molecular flexibility index (Phi) is 6.38. The van der Waals surface area contributed by atoms with Crippen LogP contribution in [0, 0.1) is 13.8 Å². The Hall–Kier alpha value is -3.35. The van der Waals surface area contributed by atoms with Crippen LogP contribution < -0.4 is 9.47 Å². The predicted molar refractivity (Wildman–Crippen MR) is 142 cm³/mol. The standard InChI is InChI=1S/C30H34N4O2/c1-22-8-9-23(2)25(16-22)19-34-27-7-4-3-6-26(27)31-30(34)20-33-13-5-12-32(14-15-33)18-24-10-11-28-29(17-24)36-21-35-28/h3-4,6-11,16-17H,5,12-15,18-21H2,1-2H3. The molecule has 0 bridgehead atoms. The van der Waals surface area contributed by atoms with Crippen molar-refractivity contribution in [3.05, 3.63) is 88.7 Å². The van der Waals surface area contributed by atoms with Gasteiger partial charge in [0.2, 0.25) is 6.79 Å². The van der Waals surface area contributed by atoms with Crippen LogP contribution in [0.5, 0.6) is 11.5 Å². The van der Waals surface area contributed by atoms with Gasteiger partial charge < -0.3 is 14.0 Å². The van der Waals surface area contributed by atoms with Gasteiger partial charge in [0.15, 0.2) is 11.5 Å². The molecule has 36 heavy (non-hydrogen) atoms. The summed E-state index contributed by atoms with van der Waals surface area (Å²) >= 11 is 0. The lowest BCUT2D eigenvalue weighted by Gasteiger charge is -2.22. The smallest absolute Gasteiger partial charge is 0.231 e. The molecule has 2 aliphatic heterocycles. The number of aromatic nitrogens is 2. The first-order chi connectivity index (χ1) is 17.6. The Morgan fingerprint density at radius 3 is 2.47 bits per heavy atom. The van der Waals surface area contributed by atoms with E-state index in [-0.39, 0.29) is 0 Å². The first-order valence-corrected chi connectivity index (χ1v) is 13.0. The van der Waals surface area contributed by atoms with Crippen LogP contribution in [0.3, 0.4) is 0 Å². The van der Waals surface area contributed by atoms with Gasteiger partial charge in [0, 0.05) is 26.2 Å². The quantitative estimate of drug-likeness (QED) is 0.381. The van der Waals surface area contributed by atoms with Crippen molar-refractivity contribution in [1.82, 2.24) is 19.4 Å². The van der Waals surface area contributed by atoms with Crippen LogP contribution in [0.1, 0.15) is 34.5 Å². The monoisotopic (exact) mass is 482 g/mol. The summed E-state index contributed by atoms with van der Waals surface area (Å²) in [6.45, 7) is 11.6. The van der Waals surface area contributed by atoms with E-state index in [0.29, 0.717) is 6.79 Å². The molecule has 0 unspecified atom stereocenters. The van der Waals surface area contributed by atoms with Gasteiger partial charge in [-0.05, 0) is 74.3 Å². The summed E-state index contributed by atoms with van der Waals surface area (Å²) in [5.41, 5.74) is 7.58. The van der Waals surface area contributed by atoms with E-state index in [9.17, 15) is 0 Å². The highest BCUT2D eigenvalue weighted by Crippen LogP contribution is 2.33. The molecule has 0 N–H and O–H groups in total. The fourth-order valence-corrected chi connectivity index (χ4v) is 5.40. The van der Waals surface area contributed by atoms with E-state index < -0.39 is 0 Å². The first kappa shape index (κ1) is 23.1. The van der Waals surface area contributed by atoms with Crippen molar-refractivity contribution >= 4 is 11.0 Å². The molecule has 0 radical (unpaired) electrons. The number of benzene rings is 3. The van der Waals surface area contributed by atoms with Gasteiger partial charge in [-0.25, -0.2) is 4.98 Å². The van der Waals surface area contributed by atoms with E-state index in [4.69, 9.17) is 14.5 Å². The lowest BCUT2D eigenvalue weighted by molar-refractivity contribution is 0.174. The van der Waals surface area contributed by atoms with E-state index in [0.717, 1.165) is 75.1 Å². The number of nitrogens with zero attached hydrogens (tertiary/aromatic N) is 4. The van der Waals surface area contributed by atoms with Crippen molar-refractivity contribution in [2.45, 2.75) is 39.9 Å². The fraction of sp³-hybridized carbons (Fsp3) is 0.367. The molecule has 1 aromatic heterocycles. The molecular weight excluding hydrogens is 448 g/mol. The molecule has 1 fully saturated rings. The Morgan fingerprint density at radius 1 is 0.778 bits per heavy atom. The Morgan fingerprint density at radius 2 is 1.58 bits per heavy atom. The minimum Gasteiger partial charge on any atom is -0.454 e. The van der Waals surface area contributed by atoms with Crippen LogP contribution in [0.15, 0.2) is 60.7 Å². The van der Waals surface area contributed by atoms with Gasteiger partial charge in [0.25, 0.3) is 0 Å². The molecular formula is C30H34N4O2. The van der Waals surface area contributed by atoms with E-state index in [2.05, 4.69) is 82.8 Å². The summed E-state index contributed by atoms with van der Waals surface area (Å²) in [6.07, 6.45) is 1.15. The SMILES string of the molecule is Cc1ccc(C)c(Cn2c(CN3CCCN(Cc4ccc5c(c4)OCO5)CC3)nc3ccccc32)c1. The van der Waals surface area contributed by atoms with E-state index >= 15 is 0 Å². The molecule has 2 aliphatic rings. The van der Waals surface area contributed by atoms with Crippen molar-refractivity contribution in [3.63, 3.8) is 0 Å². The molecule has 3 aromatic carbocycles. The van der Waals surface area contributed by atoms with Crippen molar-refractivity contribution in [2.75, 3.05) is 33.0 Å². The van der Waals surface area contributed by atoms with E-state index in [1.54, 1.807) is 0 Å². The Bertz CT molecular complexity index is 1380. The number of ether oxygens (including phenoxy) is 2. The van der Waals surface area contributed by atoms with Crippen LogP contribution in [0.25, 0.3) is 11.0 Å². The second kappa shape index (κ2) is 9.96. The highest BCUT2D eigenvalue weighted by Gasteiger charge is 2.20. The average molecular weight is 483 g/mol. The van der Waals surface area contributed by atoms with Gasteiger partial charge in [-0.1, -0.05) is 42.0 Å². The molecule has 0 aliphatic carbocycles. The molecule has 0 spiro atoms. The number of fused-ring (bicyclic) bond motifs is 2. The van der Waals surface area contributed by atoms with Crippen molar-refractivity contribution in [2.24, 2.45) is 0 Å². The maximum Gasteiger partial charge on any atom is 0.231 e. The van der Waals surface area contributed by atoms with Gasteiger partial charge >= 0.3 is 0 Å². The lowest BCUT2D eigenvalue weighted by Crippen LogP contribution is -2.31. The largest absolute Gasteiger partial charge is 0.454 e. The minimum absolute atomic E-state index is 0.325. The summed E-state index contributed by atoms with van der Waals surface area (Å²) in [4.78, 5) is 10.2. The number of para-hydroxylation sites is 2. The lowest BCUT2D eigenvalue weighted by atomic mass is 10.1. The zero-order valence-electron chi connectivity index (χ0n) is 21.2. The zero-order valence-corrected chi connectivity index (χ0v) is 21.2. The Balaban J connectivity index is 1.17. The zero-order chi connectivity index (χ0) is 24.5. The second-order valence-corrected chi connectivity index (χ2v) is 10.1. The van der Waals surface area contributed by atoms with Gasteiger partial charge in [-0.15, -0.1) is 0 Å². The number of aryl methyl sites for hydroxylation is 2. The van der Waals surface area contributed by atoms with Crippen molar-refractivity contribution in [1.29, 1.82) is 0 Å². The normalized spacial score (nSPS) is 16.5. The average Bonchev–Trinajstić information content (AvgIpc) is 3.41. The summed E-state index contributed by atoms with van der Waals surface area (Å²) in [5, 5.41) is 0. The molecule has 6 nitrogen and oxygen atoms in total. The van der Waals surface area contributed by atoms with Crippen LogP contribution in [0.4, 0.5) is 0 Å². The molecule has 0 amide bonds. The highest BCUT2D eigenvalue weighted by molar-refractivity contribution is 5.76. The molecule has 0 atom stereocenters. The molecule has 1 saturated heterocycles. The van der Waals surface area contributed by atoms with Gasteiger partial charge in [-0.3, -0.25) is 9.80 Å². The summed E-state index contributed by atoms with van der Waals surface area (Å²) in [5.74, 6) is 2.87. The molecule has 6 heteroatoms. The van der Waals surface area contributed by atoms with Gasteiger partial charge in [0.1, 0.15) is 5.82 Å². The van der Waals surface area contributed by atoms with Crippen LogP contribution in [0.2, 0.25) is 0 Å². The number of rotatable bonds is 6. The minimum atomic E-state index is 0.325. The number of imidazole rings is 1. The summed E-state index contributed by atoms with van der Waals surface area (Å²) < 4.78 is 13.5. The van der Waals surface area contributed by atoms with Crippen LogP contribution in [-0.4, -0.2) is 52.3 Å². The van der Waals surface area contributed by atoms with Gasteiger partial charge in [0.05, 0.1) is 17.6 Å². The number of hydrogen-bond donors (Lipinski definition) is 0. The first-order valence-electron chi connectivity index (χ1n) is 13.0. The van der Waals surface area contributed by atoms with E-state index in [1.807, 2.05) is 6.07 Å². The fourth-order valence-electron chi connectivity index (χ4n) is 5.40. The van der Waals surface area contributed by atoms with E-state index in [1.165, 1.54) is 27.8 Å². The summed E-state index contributed by atoms with van der Waals surface area (Å²) in [7, 11) is 0. The topological polar surface area (TPSA) is 42.8 Å². The predicted octanol–water partition coefficient (Wildman–Crippen LogP) is 5.14.